The third kappa shape index (κ3) is 5.90. The Morgan fingerprint density at radius 3 is 2.40 bits per heavy atom. The number of nitrogens with one attached hydrogen (secondary N) is 2. The van der Waals surface area contributed by atoms with E-state index in [4.69, 9.17) is 4.74 Å². The van der Waals surface area contributed by atoms with Crippen LogP contribution in [0.2, 0.25) is 0 Å². The number of carbonyl (C=O) groups is 2. The molecule has 30 heavy (non-hydrogen) atoms. The number of anilines is 1. The van der Waals surface area contributed by atoms with Gasteiger partial charge in [-0.15, -0.1) is 0 Å². The minimum absolute atomic E-state index is 0.119. The van der Waals surface area contributed by atoms with Crippen molar-refractivity contribution in [3.8, 4) is 5.75 Å². The number of pyridine rings is 1. The van der Waals surface area contributed by atoms with Crippen LogP contribution in [0.15, 0.2) is 65.4 Å². The number of hydrogen-bond acceptors (Lipinski definition) is 4. The Hall–Kier alpha value is -3.19. The van der Waals surface area contributed by atoms with Crippen molar-refractivity contribution in [1.29, 1.82) is 0 Å². The lowest BCUT2D eigenvalue weighted by Crippen LogP contribution is -2.32. The van der Waals surface area contributed by atoms with Gasteiger partial charge in [0.15, 0.2) is 0 Å². The molecule has 2 N–H and O–H groups in total. The molecule has 0 spiro atoms. The number of aromatic nitrogens is 1. The van der Waals surface area contributed by atoms with Gasteiger partial charge in [0.25, 0.3) is 5.91 Å². The highest BCUT2D eigenvalue weighted by Crippen LogP contribution is 2.25. The molecular formula is C23H22BrN3O3. The van der Waals surface area contributed by atoms with E-state index in [0.29, 0.717) is 17.9 Å². The average Bonchev–Trinajstić information content (AvgIpc) is 2.73. The van der Waals surface area contributed by atoms with Gasteiger partial charge in [0, 0.05) is 33.7 Å². The van der Waals surface area contributed by atoms with E-state index in [9.17, 15) is 9.59 Å². The highest BCUT2D eigenvalue weighted by molar-refractivity contribution is 9.10. The van der Waals surface area contributed by atoms with Gasteiger partial charge in [-0.25, -0.2) is 0 Å². The highest BCUT2D eigenvalue weighted by Gasteiger charge is 2.13. The van der Waals surface area contributed by atoms with Gasteiger partial charge in [-0.2, -0.15) is 0 Å². The van der Waals surface area contributed by atoms with Crippen molar-refractivity contribution in [3.63, 3.8) is 0 Å². The zero-order chi connectivity index (χ0) is 21.5. The summed E-state index contributed by atoms with van der Waals surface area (Å²) >= 11 is 3.34. The highest BCUT2D eigenvalue weighted by atomic mass is 79.9. The summed E-state index contributed by atoms with van der Waals surface area (Å²) in [5.41, 5.74) is 3.82. The Morgan fingerprint density at radius 1 is 1.07 bits per heavy atom. The predicted octanol–water partition coefficient (Wildman–Crippen LogP) is 4.41. The van der Waals surface area contributed by atoms with Crippen molar-refractivity contribution in [2.24, 2.45) is 0 Å². The van der Waals surface area contributed by atoms with Crippen LogP contribution in [-0.2, 0) is 11.4 Å². The third-order valence-corrected chi connectivity index (χ3v) is 4.89. The summed E-state index contributed by atoms with van der Waals surface area (Å²) in [4.78, 5) is 28.6. The molecule has 1 aromatic heterocycles. The lowest BCUT2D eigenvalue weighted by molar-refractivity contribution is -0.115. The smallest absolute Gasteiger partial charge is 0.251 e. The quantitative estimate of drug-likeness (QED) is 0.539. The number of aryl methyl sites for hydroxylation is 2. The molecule has 6 nitrogen and oxygen atoms in total. The average molecular weight is 468 g/mol. The van der Waals surface area contributed by atoms with Crippen molar-refractivity contribution >= 4 is 33.4 Å². The molecule has 0 aliphatic heterocycles. The van der Waals surface area contributed by atoms with Gasteiger partial charge in [-0.3, -0.25) is 14.6 Å². The van der Waals surface area contributed by atoms with Gasteiger partial charge >= 0.3 is 0 Å². The first-order chi connectivity index (χ1) is 14.4. The molecule has 0 bridgehead atoms. The number of ether oxygens (including phenoxy) is 1. The van der Waals surface area contributed by atoms with E-state index < -0.39 is 0 Å². The second kappa shape index (κ2) is 10.0. The SMILES string of the molecule is Cc1cc(C(=O)NCC(=O)Nc2ccc(Br)cc2)cc(C)c1OCc1cccnc1. The summed E-state index contributed by atoms with van der Waals surface area (Å²) in [6.07, 6.45) is 3.47. The second-order valence-corrected chi connectivity index (χ2v) is 7.74. The van der Waals surface area contributed by atoms with Gasteiger partial charge in [-0.1, -0.05) is 22.0 Å². The van der Waals surface area contributed by atoms with Crippen molar-refractivity contribution in [2.75, 3.05) is 11.9 Å². The Bertz CT molecular complexity index is 1010. The number of benzene rings is 2. The van der Waals surface area contributed by atoms with Crippen molar-refractivity contribution < 1.29 is 14.3 Å². The fourth-order valence-electron chi connectivity index (χ4n) is 2.95. The molecule has 3 rings (SSSR count). The van der Waals surface area contributed by atoms with Crippen LogP contribution in [0.4, 0.5) is 5.69 Å². The summed E-state index contributed by atoms with van der Waals surface area (Å²) in [6, 6.07) is 14.5. The van der Waals surface area contributed by atoms with Crippen LogP contribution in [-0.4, -0.2) is 23.3 Å². The molecule has 0 aliphatic rings. The maximum Gasteiger partial charge on any atom is 0.251 e. The molecule has 7 heteroatoms. The molecule has 0 aliphatic carbocycles. The van der Waals surface area contributed by atoms with E-state index in [1.165, 1.54) is 0 Å². The van der Waals surface area contributed by atoms with E-state index in [1.54, 1.807) is 36.7 Å². The summed E-state index contributed by atoms with van der Waals surface area (Å²) in [6.45, 7) is 4.06. The van der Waals surface area contributed by atoms with E-state index in [1.807, 2.05) is 38.1 Å². The number of nitrogens with zero attached hydrogens (tertiary/aromatic N) is 1. The normalized spacial score (nSPS) is 10.4. The Morgan fingerprint density at radius 2 is 1.77 bits per heavy atom. The second-order valence-electron chi connectivity index (χ2n) is 6.83. The van der Waals surface area contributed by atoms with Crippen LogP contribution in [0.1, 0.15) is 27.0 Å². The van der Waals surface area contributed by atoms with E-state index in [0.717, 1.165) is 26.9 Å². The Kier molecular flexibility index (Phi) is 7.19. The molecular weight excluding hydrogens is 446 g/mol. The van der Waals surface area contributed by atoms with E-state index >= 15 is 0 Å². The molecule has 1 heterocycles. The van der Waals surface area contributed by atoms with Gasteiger partial charge in [0.05, 0.1) is 6.54 Å². The standard InChI is InChI=1S/C23H22BrN3O3/c1-15-10-18(11-16(2)22(15)30-14-17-4-3-9-25-12-17)23(29)26-13-21(28)27-20-7-5-19(24)6-8-20/h3-12H,13-14H2,1-2H3,(H,26,29)(H,27,28). The van der Waals surface area contributed by atoms with Crippen LogP contribution in [0.3, 0.4) is 0 Å². The van der Waals surface area contributed by atoms with E-state index in [-0.39, 0.29) is 18.4 Å². The van der Waals surface area contributed by atoms with Crippen LogP contribution in [0.25, 0.3) is 0 Å². The summed E-state index contributed by atoms with van der Waals surface area (Å²) in [7, 11) is 0. The first-order valence-corrected chi connectivity index (χ1v) is 10.2. The van der Waals surface area contributed by atoms with Crippen molar-refractivity contribution in [2.45, 2.75) is 20.5 Å². The summed E-state index contributed by atoms with van der Waals surface area (Å²) in [5.74, 6) is 0.130. The molecule has 0 saturated heterocycles. The van der Waals surface area contributed by atoms with Gasteiger partial charge in [-0.05, 0) is 67.4 Å². The molecule has 2 amide bonds. The summed E-state index contributed by atoms with van der Waals surface area (Å²) < 4.78 is 6.85. The van der Waals surface area contributed by atoms with E-state index in [2.05, 4.69) is 31.5 Å². The number of carbonyl (C=O) groups excluding carboxylic acids is 2. The maximum absolute atomic E-state index is 12.5. The zero-order valence-corrected chi connectivity index (χ0v) is 18.3. The number of halogens is 1. The minimum Gasteiger partial charge on any atom is -0.488 e. The molecule has 0 atom stereocenters. The largest absolute Gasteiger partial charge is 0.488 e. The summed E-state index contributed by atoms with van der Waals surface area (Å²) in [5, 5.41) is 5.39. The van der Waals surface area contributed by atoms with Crippen LogP contribution in [0.5, 0.6) is 5.75 Å². The van der Waals surface area contributed by atoms with Gasteiger partial charge in [0.2, 0.25) is 5.91 Å². The van der Waals surface area contributed by atoms with Crippen LogP contribution < -0.4 is 15.4 Å². The van der Waals surface area contributed by atoms with Crippen molar-refractivity contribution in [1.82, 2.24) is 10.3 Å². The number of rotatable bonds is 7. The molecule has 0 unspecified atom stereocenters. The fourth-order valence-corrected chi connectivity index (χ4v) is 3.21. The first-order valence-electron chi connectivity index (χ1n) is 9.39. The Balaban J connectivity index is 1.57. The fraction of sp³-hybridized carbons (Fsp3) is 0.174. The van der Waals surface area contributed by atoms with Crippen LogP contribution >= 0.6 is 15.9 Å². The van der Waals surface area contributed by atoms with Crippen molar-refractivity contribution in [3.05, 3.63) is 87.7 Å². The minimum atomic E-state index is -0.314. The molecule has 0 radical (unpaired) electrons. The molecule has 0 fully saturated rings. The molecule has 154 valence electrons. The molecule has 0 saturated carbocycles. The number of hydrogen-bond donors (Lipinski definition) is 2. The monoisotopic (exact) mass is 467 g/mol. The Labute approximate surface area is 183 Å². The lowest BCUT2D eigenvalue weighted by atomic mass is 10.0. The topological polar surface area (TPSA) is 80.3 Å². The number of amides is 2. The van der Waals surface area contributed by atoms with Gasteiger partial charge < -0.3 is 15.4 Å². The van der Waals surface area contributed by atoms with Gasteiger partial charge in [0.1, 0.15) is 12.4 Å². The third-order valence-electron chi connectivity index (χ3n) is 4.37. The molecule has 3 aromatic rings. The first kappa shape index (κ1) is 21.5. The predicted molar refractivity (Wildman–Crippen MR) is 120 cm³/mol. The lowest BCUT2D eigenvalue weighted by Gasteiger charge is -2.14. The molecule has 2 aromatic carbocycles. The van der Waals surface area contributed by atoms with Crippen LogP contribution in [0, 0.1) is 13.8 Å². The zero-order valence-electron chi connectivity index (χ0n) is 16.7. The maximum atomic E-state index is 12.5.